The van der Waals surface area contributed by atoms with Crippen molar-refractivity contribution in [2.24, 2.45) is 5.92 Å². The molecular formula is C19H23N5O4S. The van der Waals surface area contributed by atoms with E-state index < -0.39 is 15.8 Å². The molecule has 2 aliphatic rings. The molecule has 0 aliphatic carbocycles. The first kappa shape index (κ1) is 19.6. The zero-order chi connectivity index (χ0) is 20.6. The number of rotatable bonds is 5. The Labute approximate surface area is 169 Å². The molecular weight excluding hydrogens is 394 g/mol. The molecule has 2 atom stereocenters. The van der Waals surface area contributed by atoms with Gasteiger partial charge in [-0.2, -0.15) is 0 Å². The van der Waals surface area contributed by atoms with E-state index >= 15 is 0 Å². The van der Waals surface area contributed by atoms with Crippen LogP contribution in [-0.4, -0.2) is 63.8 Å². The van der Waals surface area contributed by atoms with Gasteiger partial charge in [-0.1, -0.05) is 0 Å². The van der Waals surface area contributed by atoms with Crippen LogP contribution in [0.2, 0.25) is 0 Å². The first-order valence-electron chi connectivity index (χ1n) is 9.55. The van der Waals surface area contributed by atoms with E-state index in [1.165, 1.54) is 0 Å². The predicted octanol–water partition coefficient (Wildman–Crippen LogP) is 0.228. The van der Waals surface area contributed by atoms with Crippen LogP contribution in [0.25, 0.3) is 5.82 Å². The standard InChI is InChI=1S/C19H23N5O4S/c1-13-20-5-6-23(13)17-8-14(2-4-21-17)10-22-19(26)15-9-18(25)24(11-15)16-3-7-29(27,28)12-16/h2,4-6,8,15-16H,3,7,9-12H2,1H3,(H,22,26)/t15-,16-/m0/s1. The van der Waals surface area contributed by atoms with E-state index in [-0.39, 0.29) is 42.3 Å². The zero-order valence-electron chi connectivity index (χ0n) is 16.1. The monoisotopic (exact) mass is 417 g/mol. The highest BCUT2D eigenvalue weighted by atomic mass is 32.2. The summed E-state index contributed by atoms with van der Waals surface area (Å²) < 4.78 is 25.2. The van der Waals surface area contributed by atoms with E-state index in [2.05, 4.69) is 15.3 Å². The first-order valence-corrected chi connectivity index (χ1v) is 11.4. The minimum absolute atomic E-state index is 0.000534. The van der Waals surface area contributed by atoms with Crippen molar-refractivity contribution in [3.63, 3.8) is 0 Å². The maximum Gasteiger partial charge on any atom is 0.225 e. The average molecular weight is 417 g/mol. The Morgan fingerprint density at radius 1 is 1.31 bits per heavy atom. The maximum absolute atomic E-state index is 12.6. The summed E-state index contributed by atoms with van der Waals surface area (Å²) in [4.78, 5) is 35.0. The molecule has 2 saturated heterocycles. The minimum atomic E-state index is -3.07. The van der Waals surface area contributed by atoms with Crippen LogP contribution in [0.1, 0.15) is 24.2 Å². The molecule has 0 saturated carbocycles. The molecule has 154 valence electrons. The van der Waals surface area contributed by atoms with Crippen LogP contribution in [0.3, 0.4) is 0 Å². The zero-order valence-corrected chi connectivity index (χ0v) is 16.9. The van der Waals surface area contributed by atoms with Gasteiger partial charge in [0.15, 0.2) is 9.84 Å². The lowest BCUT2D eigenvalue weighted by Crippen LogP contribution is -2.39. The van der Waals surface area contributed by atoms with Crippen molar-refractivity contribution in [3.8, 4) is 5.82 Å². The van der Waals surface area contributed by atoms with Crippen LogP contribution in [0.15, 0.2) is 30.7 Å². The smallest absolute Gasteiger partial charge is 0.225 e. The summed E-state index contributed by atoms with van der Waals surface area (Å²) in [7, 11) is -3.07. The van der Waals surface area contributed by atoms with Crippen LogP contribution in [-0.2, 0) is 26.0 Å². The van der Waals surface area contributed by atoms with Gasteiger partial charge in [-0.05, 0) is 31.0 Å². The lowest BCUT2D eigenvalue weighted by atomic mass is 10.1. The topological polar surface area (TPSA) is 114 Å². The van der Waals surface area contributed by atoms with Gasteiger partial charge >= 0.3 is 0 Å². The fraction of sp³-hybridized carbons (Fsp3) is 0.474. The summed E-state index contributed by atoms with van der Waals surface area (Å²) in [5.74, 6) is 0.851. The summed E-state index contributed by atoms with van der Waals surface area (Å²) >= 11 is 0. The number of likely N-dealkylation sites (tertiary alicyclic amines) is 1. The number of carbonyl (C=O) groups excluding carboxylic acids is 2. The third-order valence-corrected chi connectivity index (χ3v) is 7.28. The molecule has 2 aromatic rings. The lowest BCUT2D eigenvalue weighted by molar-refractivity contribution is -0.130. The van der Waals surface area contributed by atoms with Crippen molar-refractivity contribution in [1.29, 1.82) is 0 Å². The molecule has 0 bridgehead atoms. The molecule has 4 heterocycles. The van der Waals surface area contributed by atoms with Gasteiger partial charge in [0.1, 0.15) is 11.6 Å². The molecule has 2 amide bonds. The second kappa shape index (κ2) is 7.58. The highest BCUT2D eigenvalue weighted by Crippen LogP contribution is 2.26. The Hall–Kier alpha value is -2.75. The molecule has 4 rings (SSSR count). The number of nitrogens with zero attached hydrogens (tertiary/aromatic N) is 4. The number of nitrogens with one attached hydrogen (secondary N) is 1. The minimum Gasteiger partial charge on any atom is -0.352 e. The molecule has 0 spiro atoms. The summed E-state index contributed by atoms with van der Waals surface area (Å²) in [5, 5.41) is 2.89. The van der Waals surface area contributed by atoms with Crippen LogP contribution in [0.5, 0.6) is 0 Å². The second-order valence-corrected chi connectivity index (χ2v) is 9.82. The van der Waals surface area contributed by atoms with Crippen LogP contribution in [0.4, 0.5) is 0 Å². The summed E-state index contributed by atoms with van der Waals surface area (Å²) in [6.45, 7) is 2.49. The van der Waals surface area contributed by atoms with E-state index in [1.807, 2.05) is 29.8 Å². The highest BCUT2D eigenvalue weighted by Gasteiger charge is 2.41. The molecule has 29 heavy (non-hydrogen) atoms. The Bertz CT molecular complexity index is 1050. The number of aromatic nitrogens is 3. The molecule has 10 heteroatoms. The van der Waals surface area contributed by atoms with E-state index in [0.29, 0.717) is 13.0 Å². The van der Waals surface area contributed by atoms with E-state index in [9.17, 15) is 18.0 Å². The van der Waals surface area contributed by atoms with Crippen molar-refractivity contribution >= 4 is 21.7 Å². The molecule has 1 N–H and O–H groups in total. The quantitative estimate of drug-likeness (QED) is 0.745. The fourth-order valence-corrected chi connectivity index (χ4v) is 5.67. The summed E-state index contributed by atoms with van der Waals surface area (Å²) in [6, 6.07) is 3.40. The number of sulfone groups is 1. The van der Waals surface area contributed by atoms with E-state index in [0.717, 1.165) is 17.2 Å². The average Bonchev–Trinajstić information content (AvgIpc) is 3.38. The van der Waals surface area contributed by atoms with Crippen molar-refractivity contribution in [2.45, 2.75) is 32.4 Å². The number of aryl methyl sites for hydroxylation is 1. The van der Waals surface area contributed by atoms with Gasteiger partial charge < -0.3 is 10.2 Å². The number of imidazole rings is 1. The highest BCUT2D eigenvalue weighted by molar-refractivity contribution is 7.91. The van der Waals surface area contributed by atoms with Crippen LogP contribution in [0, 0.1) is 12.8 Å². The first-order chi connectivity index (χ1) is 13.8. The number of hydrogen-bond acceptors (Lipinski definition) is 6. The molecule has 2 aliphatic heterocycles. The third kappa shape index (κ3) is 4.16. The van der Waals surface area contributed by atoms with Crippen molar-refractivity contribution in [1.82, 2.24) is 24.8 Å². The van der Waals surface area contributed by atoms with Crippen molar-refractivity contribution in [2.75, 3.05) is 18.1 Å². The van der Waals surface area contributed by atoms with Crippen molar-refractivity contribution in [3.05, 3.63) is 42.1 Å². The Morgan fingerprint density at radius 2 is 2.14 bits per heavy atom. The third-order valence-electron chi connectivity index (χ3n) is 5.53. The Morgan fingerprint density at radius 3 is 2.83 bits per heavy atom. The van der Waals surface area contributed by atoms with Gasteiger partial charge in [-0.3, -0.25) is 14.2 Å². The Balaban J connectivity index is 1.36. The number of amides is 2. The van der Waals surface area contributed by atoms with Gasteiger partial charge in [0.05, 0.1) is 17.4 Å². The summed E-state index contributed by atoms with van der Waals surface area (Å²) in [6.07, 6.45) is 5.78. The molecule has 2 aromatic heterocycles. The van der Waals surface area contributed by atoms with E-state index in [1.54, 1.807) is 17.3 Å². The van der Waals surface area contributed by atoms with Gasteiger partial charge in [-0.15, -0.1) is 0 Å². The molecule has 0 aromatic carbocycles. The van der Waals surface area contributed by atoms with E-state index in [4.69, 9.17) is 0 Å². The largest absolute Gasteiger partial charge is 0.352 e. The van der Waals surface area contributed by atoms with Gasteiger partial charge in [0, 0.05) is 44.1 Å². The maximum atomic E-state index is 12.6. The molecule has 9 nitrogen and oxygen atoms in total. The van der Waals surface area contributed by atoms with Gasteiger partial charge in [0.25, 0.3) is 0 Å². The normalized spacial score (nSPS) is 23.5. The number of hydrogen-bond donors (Lipinski definition) is 1. The SMILES string of the molecule is Cc1nccn1-c1cc(CNC(=O)[C@H]2CC(=O)N([C@H]3CCS(=O)(=O)C3)C2)ccn1. The number of carbonyl (C=O) groups is 2. The van der Waals surface area contributed by atoms with Crippen molar-refractivity contribution < 1.29 is 18.0 Å². The molecule has 0 radical (unpaired) electrons. The molecule has 0 unspecified atom stereocenters. The Kier molecular flexibility index (Phi) is 5.12. The molecule has 2 fully saturated rings. The van der Waals surface area contributed by atoms with Gasteiger partial charge in [-0.25, -0.2) is 18.4 Å². The number of pyridine rings is 1. The fourth-order valence-electron chi connectivity index (χ4n) is 3.94. The summed E-state index contributed by atoms with van der Waals surface area (Å²) in [5.41, 5.74) is 0.888. The second-order valence-electron chi connectivity index (χ2n) is 7.59. The van der Waals surface area contributed by atoms with Crippen LogP contribution >= 0.6 is 0 Å². The van der Waals surface area contributed by atoms with Gasteiger partial charge in [0.2, 0.25) is 11.8 Å². The van der Waals surface area contributed by atoms with Crippen LogP contribution < -0.4 is 5.32 Å². The predicted molar refractivity (Wildman–Crippen MR) is 105 cm³/mol. The lowest BCUT2D eigenvalue weighted by Gasteiger charge is -2.22.